The topological polar surface area (TPSA) is 121 Å². The molecule has 0 aromatic heterocycles. The number of aliphatic carboxylic acids is 1. The van der Waals surface area contributed by atoms with Gasteiger partial charge in [-0.1, -0.05) is 63.3 Å². The number of hydrogen-bond acceptors (Lipinski definition) is 6. The molecule has 1 spiro atoms. The molecule has 5 rings (SSSR count). The molecule has 4 aliphatic carbocycles. The second kappa shape index (κ2) is 10.2. The van der Waals surface area contributed by atoms with E-state index in [-0.39, 0.29) is 47.0 Å². The van der Waals surface area contributed by atoms with Gasteiger partial charge in [0.15, 0.2) is 5.60 Å². The number of carbonyl (C=O) groups excluding carboxylic acids is 2. The number of rotatable bonds is 3. The summed E-state index contributed by atoms with van der Waals surface area (Å²) in [6.45, 7) is 7.61. The third-order valence-corrected chi connectivity index (χ3v) is 10.9. The van der Waals surface area contributed by atoms with Gasteiger partial charge in [0.2, 0.25) is 5.78 Å². The minimum atomic E-state index is -1.66. The van der Waals surface area contributed by atoms with Crippen LogP contribution in [-0.4, -0.2) is 44.7 Å². The highest BCUT2D eigenvalue weighted by atomic mass is 16.6. The van der Waals surface area contributed by atoms with Crippen LogP contribution in [0, 0.1) is 40.4 Å². The minimum absolute atomic E-state index is 0.0321. The van der Waals surface area contributed by atoms with Crippen LogP contribution < -0.4 is 0 Å². The van der Waals surface area contributed by atoms with E-state index in [1.54, 1.807) is 19.1 Å². The van der Waals surface area contributed by atoms with Gasteiger partial charge in [-0.3, -0.25) is 4.79 Å². The zero-order chi connectivity index (χ0) is 29.0. The Labute approximate surface area is 236 Å². The first-order valence-electron chi connectivity index (χ1n) is 14.8. The largest absolute Gasteiger partial charge is 0.511 e. The number of carbonyl (C=O) groups is 3. The fourth-order valence-electron chi connectivity index (χ4n) is 8.54. The highest BCUT2D eigenvalue weighted by Gasteiger charge is 2.66. The van der Waals surface area contributed by atoms with E-state index < -0.39 is 46.2 Å². The molecule has 5 aliphatic rings. The Bertz CT molecular complexity index is 1250. The van der Waals surface area contributed by atoms with E-state index in [0.29, 0.717) is 25.7 Å². The normalized spacial score (nSPS) is 46.4. The number of carboxylic acids is 1. The van der Waals surface area contributed by atoms with Crippen LogP contribution in [0.15, 0.2) is 59.4 Å². The van der Waals surface area contributed by atoms with Crippen LogP contribution in [0.5, 0.6) is 0 Å². The maximum absolute atomic E-state index is 14.6. The average Bonchev–Trinajstić information content (AvgIpc) is 3.18. The van der Waals surface area contributed by atoms with Crippen molar-refractivity contribution < 1.29 is 34.4 Å². The number of aliphatic hydroxyl groups excluding tert-OH is 2. The number of aliphatic hydroxyl groups is 2. The van der Waals surface area contributed by atoms with Crippen molar-refractivity contribution in [1.29, 1.82) is 0 Å². The molecule has 0 amide bonds. The summed E-state index contributed by atoms with van der Waals surface area (Å²) < 4.78 is 6.07. The molecule has 1 saturated heterocycles. The van der Waals surface area contributed by atoms with Gasteiger partial charge in [0.1, 0.15) is 11.3 Å². The first kappa shape index (κ1) is 28.6. The number of carboxylic acid groups (broad SMARTS) is 1. The van der Waals surface area contributed by atoms with Gasteiger partial charge in [-0.2, -0.15) is 0 Å². The molecule has 0 radical (unpaired) electrons. The fourth-order valence-corrected chi connectivity index (χ4v) is 8.54. The van der Waals surface area contributed by atoms with Crippen molar-refractivity contribution in [2.24, 2.45) is 40.4 Å². The Hall–Kier alpha value is -2.93. The number of ether oxygens (including phenoxy) is 1. The predicted molar refractivity (Wildman–Crippen MR) is 150 cm³/mol. The predicted octanol–water partition coefficient (Wildman–Crippen LogP) is 5.62. The van der Waals surface area contributed by atoms with Crippen molar-refractivity contribution in [2.75, 3.05) is 0 Å². The minimum Gasteiger partial charge on any atom is -0.511 e. The summed E-state index contributed by atoms with van der Waals surface area (Å²) in [5, 5.41) is 33.4. The van der Waals surface area contributed by atoms with Gasteiger partial charge in [0, 0.05) is 23.3 Å². The van der Waals surface area contributed by atoms with Crippen molar-refractivity contribution in [3.8, 4) is 0 Å². The van der Waals surface area contributed by atoms with Crippen molar-refractivity contribution >= 4 is 17.7 Å². The molecule has 2 bridgehead atoms. The maximum Gasteiger partial charge on any atom is 0.346 e. The summed E-state index contributed by atoms with van der Waals surface area (Å²) in [6.07, 6.45) is 16.6. The highest BCUT2D eigenvalue weighted by Crippen LogP contribution is 2.60. The summed E-state index contributed by atoms with van der Waals surface area (Å²) in [6, 6.07) is 0. The molecule has 1 heterocycles. The van der Waals surface area contributed by atoms with Gasteiger partial charge >= 0.3 is 11.9 Å². The molecule has 2 fully saturated rings. The Morgan fingerprint density at radius 1 is 1.12 bits per heavy atom. The van der Waals surface area contributed by atoms with Crippen LogP contribution in [-0.2, 0) is 19.1 Å². The molecule has 0 aromatic carbocycles. The third-order valence-electron chi connectivity index (χ3n) is 10.9. The number of hydrogen-bond donors (Lipinski definition) is 3. The smallest absolute Gasteiger partial charge is 0.346 e. The Morgan fingerprint density at radius 2 is 1.88 bits per heavy atom. The SMILES string of the molecule is CC[C@H]1C[C@]23OC(=O)/C(=C(/O)[C@@]4(CC)[C@@H]5CC[C@H](C)[C@H](O)[C@H]5C=C[C@H]4C/C=C/C/C=C/[C@@]2(C)C=C1C(=O)O)C3=O. The van der Waals surface area contributed by atoms with Gasteiger partial charge in [0.25, 0.3) is 0 Å². The van der Waals surface area contributed by atoms with Gasteiger partial charge in [0.05, 0.1) is 11.5 Å². The van der Waals surface area contributed by atoms with Gasteiger partial charge < -0.3 is 20.1 Å². The second-order valence-corrected chi connectivity index (χ2v) is 12.7. The zero-order valence-electron chi connectivity index (χ0n) is 23.9. The number of ketones is 1. The quantitative estimate of drug-likeness (QED) is 0.237. The fraction of sp³-hybridized carbons (Fsp3) is 0.606. The van der Waals surface area contributed by atoms with Gasteiger partial charge in [-0.15, -0.1) is 0 Å². The molecular formula is C33H42O7. The standard InChI is InChI=1S/C33H42O7/c1-5-20-17-33-28(36)25(30(39)40-33)27(35)32(6-2)21(13-14-22-24(32)15-12-19(3)26(22)34)11-9-7-8-10-16-31(33,4)18-23(20)29(37)38/h7,9-10,13-14,16,18-22,24,26,34-35H,5-6,8,11-12,15,17H2,1-4H3,(H,37,38)/b9-7+,16-10+,27-25+/t19-,20-,21+,22-,24+,26-,31-,32+,33+/m0/s1. The van der Waals surface area contributed by atoms with Crippen LogP contribution in [0.25, 0.3) is 0 Å². The summed E-state index contributed by atoms with van der Waals surface area (Å²) in [5.41, 5.74) is -3.90. The summed E-state index contributed by atoms with van der Waals surface area (Å²) in [4.78, 5) is 40.5. The zero-order valence-corrected chi connectivity index (χ0v) is 23.9. The third kappa shape index (κ3) is 3.91. The van der Waals surface area contributed by atoms with E-state index in [2.05, 4.69) is 18.2 Å². The van der Waals surface area contributed by atoms with Crippen LogP contribution in [0.2, 0.25) is 0 Å². The molecule has 216 valence electrons. The monoisotopic (exact) mass is 550 g/mol. The van der Waals surface area contributed by atoms with E-state index in [1.807, 2.05) is 32.9 Å². The number of esters is 1. The number of allylic oxidation sites excluding steroid dienone is 5. The molecule has 40 heavy (non-hydrogen) atoms. The summed E-state index contributed by atoms with van der Waals surface area (Å²) >= 11 is 0. The molecule has 7 nitrogen and oxygen atoms in total. The van der Waals surface area contributed by atoms with Gasteiger partial charge in [-0.25, -0.2) is 9.59 Å². The van der Waals surface area contributed by atoms with Crippen LogP contribution in [0.1, 0.15) is 72.6 Å². The summed E-state index contributed by atoms with van der Waals surface area (Å²) in [7, 11) is 0. The van der Waals surface area contributed by atoms with E-state index >= 15 is 0 Å². The number of Topliss-reactive ketones (excluding diaryl/α,β-unsaturated/α-hetero) is 1. The van der Waals surface area contributed by atoms with E-state index in [9.17, 15) is 29.7 Å². The first-order chi connectivity index (χ1) is 19.0. The Balaban J connectivity index is 1.76. The van der Waals surface area contributed by atoms with E-state index in [4.69, 9.17) is 4.74 Å². The van der Waals surface area contributed by atoms with E-state index in [0.717, 1.165) is 12.8 Å². The molecule has 9 atom stereocenters. The second-order valence-electron chi connectivity index (χ2n) is 12.7. The van der Waals surface area contributed by atoms with Crippen LogP contribution >= 0.6 is 0 Å². The molecule has 1 saturated carbocycles. The highest BCUT2D eigenvalue weighted by molar-refractivity contribution is 6.26. The molecule has 0 unspecified atom stereocenters. The molecule has 0 aromatic rings. The van der Waals surface area contributed by atoms with Crippen molar-refractivity contribution in [3.63, 3.8) is 0 Å². The number of fused-ring (bicyclic) bond motifs is 4. The lowest BCUT2D eigenvalue weighted by Gasteiger charge is -2.54. The average molecular weight is 551 g/mol. The lowest BCUT2D eigenvalue weighted by molar-refractivity contribution is -0.162. The lowest BCUT2D eigenvalue weighted by atomic mass is 9.51. The first-order valence-corrected chi connectivity index (χ1v) is 14.8. The van der Waals surface area contributed by atoms with Crippen molar-refractivity contribution in [1.82, 2.24) is 0 Å². The Morgan fingerprint density at radius 3 is 2.55 bits per heavy atom. The maximum atomic E-state index is 14.6. The van der Waals surface area contributed by atoms with Crippen LogP contribution in [0.3, 0.4) is 0 Å². The van der Waals surface area contributed by atoms with E-state index in [1.165, 1.54) is 0 Å². The lowest BCUT2D eigenvalue weighted by Crippen LogP contribution is -2.54. The summed E-state index contributed by atoms with van der Waals surface area (Å²) in [5.74, 6) is -3.61. The molecule has 3 N–H and O–H groups in total. The van der Waals surface area contributed by atoms with Gasteiger partial charge in [-0.05, 0) is 69.1 Å². The Kier molecular flexibility index (Phi) is 7.26. The van der Waals surface area contributed by atoms with Crippen LogP contribution in [0.4, 0.5) is 0 Å². The molecular weight excluding hydrogens is 508 g/mol. The molecule has 7 heteroatoms. The molecule has 1 aliphatic heterocycles. The van der Waals surface area contributed by atoms with Crippen molar-refractivity contribution in [3.05, 3.63) is 59.4 Å². The van der Waals surface area contributed by atoms with Crippen molar-refractivity contribution in [2.45, 2.75) is 84.3 Å².